The van der Waals surface area contributed by atoms with Crippen LogP contribution in [0.5, 0.6) is 5.75 Å². The Morgan fingerprint density at radius 1 is 1.14 bits per heavy atom. The van der Waals surface area contributed by atoms with Crippen LogP contribution in [-0.2, 0) is 19.6 Å². The highest BCUT2D eigenvalue weighted by Crippen LogP contribution is 2.24. The number of nitrogens with zero attached hydrogens (tertiary/aromatic N) is 2. The summed E-state index contributed by atoms with van der Waals surface area (Å²) in [4.78, 5) is 26.1. The van der Waals surface area contributed by atoms with E-state index in [-0.39, 0.29) is 48.0 Å². The Hall–Kier alpha value is -3.93. The van der Waals surface area contributed by atoms with Gasteiger partial charge >= 0.3 is 0 Å². The van der Waals surface area contributed by atoms with Gasteiger partial charge in [-0.05, 0) is 50.2 Å². The van der Waals surface area contributed by atoms with Crippen LogP contribution in [0.25, 0.3) is 0 Å². The van der Waals surface area contributed by atoms with Crippen molar-refractivity contribution in [3.05, 3.63) is 65.6 Å². The Balaban J connectivity index is 1.26. The molecular weight excluding hydrogens is 479 g/mol. The Morgan fingerprint density at radius 3 is 2.46 bits per heavy atom. The largest absolute Gasteiger partial charge is 0.481 e. The predicted octanol–water partition coefficient (Wildman–Crippen LogP) is 2.71. The highest BCUT2D eigenvalue weighted by molar-refractivity contribution is 7.92. The second kappa shape index (κ2) is 9.74. The highest BCUT2D eigenvalue weighted by Gasteiger charge is 2.35. The number of rotatable bonds is 8. The highest BCUT2D eigenvalue weighted by atomic mass is 32.2. The number of hydrogen-bond acceptors (Lipinski definition) is 7. The summed E-state index contributed by atoms with van der Waals surface area (Å²) in [5.41, 5.74) is 1.58. The molecule has 35 heavy (non-hydrogen) atoms. The third-order valence-corrected chi connectivity index (χ3v) is 6.96. The van der Waals surface area contributed by atoms with Gasteiger partial charge in [0.15, 0.2) is 18.2 Å². The zero-order chi connectivity index (χ0) is 25.2. The molecule has 0 saturated carbocycles. The third-order valence-electron chi connectivity index (χ3n) is 5.61. The Kier molecular flexibility index (Phi) is 6.74. The number of ether oxygens (including phenoxy) is 1. The number of carbonyl (C=O) groups is 2. The maximum Gasteiger partial charge on any atom is 0.264 e. The maximum atomic E-state index is 13.6. The van der Waals surface area contributed by atoms with Gasteiger partial charge in [0.1, 0.15) is 0 Å². The summed E-state index contributed by atoms with van der Waals surface area (Å²) in [6, 6.07) is 11.4. The summed E-state index contributed by atoms with van der Waals surface area (Å²) >= 11 is 0. The minimum atomic E-state index is -3.90. The van der Waals surface area contributed by atoms with Gasteiger partial charge in [0.2, 0.25) is 11.8 Å². The van der Waals surface area contributed by atoms with E-state index < -0.39 is 21.8 Å². The van der Waals surface area contributed by atoms with Gasteiger partial charge in [0, 0.05) is 24.3 Å². The van der Waals surface area contributed by atoms with Gasteiger partial charge in [0.05, 0.1) is 16.5 Å². The summed E-state index contributed by atoms with van der Waals surface area (Å²) in [5.74, 6) is -1.60. The molecule has 4 rings (SSSR count). The smallest absolute Gasteiger partial charge is 0.264 e. The van der Waals surface area contributed by atoms with Crippen LogP contribution in [0.2, 0.25) is 0 Å². The van der Waals surface area contributed by atoms with Crippen LogP contribution in [0.15, 0.2) is 57.9 Å². The van der Waals surface area contributed by atoms with E-state index in [4.69, 9.17) is 9.26 Å². The molecule has 0 radical (unpaired) electrons. The first-order chi connectivity index (χ1) is 16.6. The summed E-state index contributed by atoms with van der Waals surface area (Å²) in [6.45, 7) is 3.47. The van der Waals surface area contributed by atoms with Crippen molar-refractivity contribution in [3.63, 3.8) is 0 Å². The molecule has 0 bridgehead atoms. The summed E-state index contributed by atoms with van der Waals surface area (Å²) in [5, 5.41) is 6.43. The molecule has 2 amide bonds. The molecule has 10 nitrogen and oxygen atoms in total. The zero-order valence-corrected chi connectivity index (χ0v) is 19.8. The van der Waals surface area contributed by atoms with Gasteiger partial charge in [0.25, 0.3) is 15.9 Å². The SMILES string of the molecule is Cc1noc(NS(=O)(=O)c2ccc(NC(=O)C3CN(C(=O)COc4ccccc4F)C3)cc2)c1C. The first-order valence-electron chi connectivity index (χ1n) is 10.7. The van der Waals surface area contributed by atoms with E-state index >= 15 is 0 Å². The standard InChI is InChI=1S/C23H23FN4O6S/c1-14-15(2)26-34-23(14)27-35(31,32)18-9-7-17(8-10-18)25-22(30)16-11-28(12-16)21(29)13-33-20-6-4-3-5-19(20)24/h3-10,16,27H,11-13H2,1-2H3,(H,25,30). The average Bonchev–Trinajstić information content (AvgIpc) is 3.09. The van der Waals surface area contributed by atoms with Crippen molar-refractivity contribution in [1.82, 2.24) is 10.1 Å². The lowest BCUT2D eigenvalue weighted by atomic mass is 9.99. The molecule has 1 aliphatic heterocycles. The second-order valence-electron chi connectivity index (χ2n) is 8.06. The molecule has 2 N–H and O–H groups in total. The topological polar surface area (TPSA) is 131 Å². The molecule has 0 unspecified atom stereocenters. The fourth-order valence-electron chi connectivity index (χ4n) is 3.29. The molecule has 1 fully saturated rings. The lowest BCUT2D eigenvalue weighted by Crippen LogP contribution is -2.55. The van der Waals surface area contributed by atoms with E-state index in [1.54, 1.807) is 19.9 Å². The Labute approximate surface area is 201 Å². The molecule has 0 spiro atoms. The van der Waals surface area contributed by atoms with Gasteiger partial charge in [-0.2, -0.15) is 0 Å². The number of hydrogen-bond donors (Lipinski definition) is 2. The number of carbonyl (C=O) groups excluding carboxylic acids is 2. The number of amides is 2. The molecule has 1 aromatic heterocycles. The van der Waals surface area contributed by atoms with Gasteiger partial charge in [-0.25, -0.2) is 17.5 Å². The number of aryl methyl sites for hydroxylation is 1. The van der Waals surface area contributed by atoms with Crippen molar-refractivity contribution in [1.29, 1.82) is 0 Å². The number of sulfonamides is 1. The molecule has 0 aliphatic carbocycles. The molecule has 1 saturated heterocycles. The fraction of sp³-hybridized carbons (Fsp3) is 0.261. The summed E-state index contributed by atoms with van der Waals surface area (Å²) < 4.78 is 51.2. The lowest BCUT2D eigenvalue weighted by Gasteiger charge is -2.38. The van der Waals surface area contributed by atoms with E-state index in [0.717, 1.165) is 0 Å². The monoisotopic (exact) mass is 502 g/mol. The molecule has 0 atom stereocenters. The molecule has 1 aliphatic rings. The minimum Gasteiger partial charge on any atom is -0.481 e. The van der Waals surface area contributed by atoms with Gasteiger partial charge in [-0.3, -0.25) is 9.59 Å². The first-order valence-corrected chi connectivity index (χ1v) is 12.1. The van der Waals surface area contributed by atoms with Crippen molar-refractivity contribution in [2.45, 2.75) is 18.7 Å². The number of anilines is 2. The van der Waals surface area contributed by atoms with E-state index in [9.17, 15) is 22.4 Å². The van der Waals surface area contributed by atoms with Crippen LogP contribution in [0.4, 0.5) is 16.0 Å². The van der Waals surface area contributed by atoms with Crippen LogP contribution < -0.4 is 14.8 Å². The van der Waals surface area contributed by atoms with Crippen molar-refractivity contribution >= 4 is 33.4 Å². The van der Waals surface area contributed by atoms with Crippen LogP contribution in [0.1, 0.15) is 11.3 Å². The van der Waals surface area contributed by atoms with Crippen molar-refractivity contribution in [2.24, 2.45) is 5.92 Å². The maximum absolute atomic E-state index is 13.6. The summed E-state index contributed by atoms with van der Waals surface area (Å²) in [7, 11) is -3.90. The Morgan fingerprint density at radius 2 is 1.83 bits per heavy atom. The van der Waals surface area contributed by atoms with Crippen molar-refractivity contribution in [2.75, 3.05) is 29.7 Å². The van der Waals surface area contributed by atoms with E-state index in [1.165, 1.54) is 47.4 Å². The molecule has 184 valence electrons. The first kappa shape index (κ1) is 24.2. The molecule has 3 aromatic rings. The number of aromatic nitrogens is 1. The minimum absolute atomic E-state index is 0.0117. The molecule has 12 heteroatoms. The third kappa shape index (κ3) is 5.43. The molecule has 2 heterocycles. The van der Waals surface area contributed by atoms with Crippen LogP contribution in [0.3, 0.4) is 0 Å². The lowest BCUT2D eigenvalue weighted by molar-refractivity contribution is -0.143. The number of likely N-dealkylation sites (tertiary alicyclic amines) is 1. The number of halogens is 1. The zero-order valence-electron chi connectivity index (χ0n) is 18.9. The van der Waals surface area contributed by atoms with Crippen molar-refractivity contribution < 1.29 is 31.7 Å². The molecular formula is C23H23FN4O6S. The van der Waals surface area contributed by atoms with Crippen LogP contribution in [0, 0.1) is 25.6 Å². The van der Waals surface area contributed by atoms with E-state index in [1.807, 2.05) is 0 Å². The van der Waals surface area contributed by atoms with Gasteiger partial charge in [-0.1, -0.05) is 17.3 Å². The van der Waals surface area contributed by atoms with Crippen LogP contribution in [-0.4, -0.2) is 50.0 Å². The average molecular weight is 503 g/mol. The number of benzene rings is 2. The summed E-state index contributed by atoms with van der Waals surface area (Å²) in [6.07, 6.45) is 0. The second-order valence-corrected chi connectivity index (χ2v) is 9.74. The fourth-order valence-corrected chi connectivity index (χ4v) is 4.34. The van der Waals surface area contributed by atoms with Gasteiger partial charge in [-0.15, -0.1) is 0 Å². The number of para-hydroxylation sites is 1. The number of nitrogens with one attached hydrogen (secondary N) is 2. The Bertz CT molecular complexity index is 1350. The quantitative estimate of drug-likeness (QED) is 0.484. The normalized spacial score (nSPS) is 13.7. The molecule has 2 aromatic carbocycles. The van der Waals surface area contributed by atoms with Crippen LogP contribution >= 0.6 is 0 Å². The van der Waals surface area contributed by atoms with Gasteiger partial charge < -0.3 is 19.5 Å². The van der Waals surface area contributed by atoms with E-state index in [2.05, 4.69) is 15.2 Å². The predicted molar refractivity (Wildman–Crippen MR) is 124 cm³/mol. The van der Waals surface area contributed by atoms with E-state index in [0.29, 0.717) is 16.9 Å². The van der Waals surface area contributed by atoms with Crippen molar-refractivity contribution in [3.8, 4) is 5.75 Å².